The summed E-state index contributed by atoms with van der Waals surface area (Å²) in [5.74, 6) is 0.565. The Morgan fingerprint density at radius 2 is 1.86 bits per heavy atom. The van der Waals surface area contributed by atoms with Crippen molar-refractivity contribution in [1.29, 1.82) is 0 Å². The molecule has 2 aromatic rings. The number of aromatic nitrogens is 1. The predicted molar refractivity (Wildman–Crippen MR) is 114 cm³/mol. The van der Waals surface area contributed by atoms with Crippen LogP contribution in [0.15, 0.2) is 36.5 Å². The van der Waals surface area contributed by atoms with E-state index in [9.17, 15) is 9.59 Å². The number of nitrogens with zero attached hydrogens (tertiary/aromatic N) is 3. The number of benzene rings is 1. The van der Waals surface area contributed by atoms with E-state index in [1.165, 1.54) is 0 Å². The summed E-state index contributed by atoms with van der Waals surface area (Å²) in [5, 5.41) is 2.91. The highest BCUT2D eigenvalue weighted by Gasteiger charge is 2.21. The van der Waals surface area contributed by atoms with Gasteiger partial charge in [0.25, 0.3) is 11.8 Å². The quantitative estimate of drug-likeness (QED) is 0.813. The molecule has 0 spiro atoms. The highest BCUT2D eigenvalue weighted by atomic mass is 16.5. The Hall–Kier alpha value is -2.93. The third-order valence-corrected chi connectivity index (χ3v) is 5.21. The van der Waals surface area contributed by atoms with E-state index < -0.39 is 0 Å². The van der Waals surface area contributed by atoms with E-state index in [2.05, 4.69) is 29.0 Å². The molecule has 154 valence electrons. The van der Waals surface area contributed by atoms with Crippen LogP contribution in [0.3, 0.4) is 0 Å². The van der Waals surface area contributed by atoms with E-state index in [-0.39, 0.29) is 11.8 Å². The second-order valence-electron chi connectivity index (χ2n) is 6.91. The summed E-state index contributed by atoms with van der Waals surface area (Å²) >= 11 is 0. The zero-order chi connectivity index (χ0) is 20.8. The van der Waals surface area contributed by atoms with Gasteiger partial charge in [0.2, 0.25) is 0 Å². The van der Waals surface area contributed by atoms with Crippen LogP contribution in [-0.4, -0.2) is 61.1 Å². The molecule has 2 heterocycles. The van der Waals surface area contributed by atoms with E-state index in [1.807, 2.05) is 13.0 Å². The molecule has 29 heavy (non-hydrogen) atoms. The fourth-order valence-electron chi connectivity index (χ4n) is 3.39. The van der Waals surface area contributed by atoms with Gasteiger partial charge < -0.3 is 19.9 Å². The van der Waals surface area contributed by atoms with Gasteiger partial charge in [0.1, 0.15) is 5.82 Å². The normalized spacial score (nSPS) is 13.8. The van der Waals surface area contributed by atoms with Crippen molar-refractivity contribution in [3.8, 4) is 0 Å². The highest BCUT2D eigenvalue weighted by Crippen LogP contribution is 2.22. The topological polar surface area (TPSA) is 74.8 Å². The second kappa shape index (κ2) is 9.52. The first-order valence-electron chi connectivity index (χ1n) is 10.0. The molecule has 1 fully saturated rings. The van der Waals surface area contributed by atoms with Gasteiger partial charge >= 0.3 is 0 Å². The lowest BCUT2D eigenvalue weighted by molar-refractivity contribution is 0.0302. The number of morpholine rings is 1. The second-order valence-corrected chi connectivity index (χ2v) is 6.91. The van der Waals surface area contributed by atoms with Gasteiger partial charge in [0.15, 0.2) is 0 Å². The fraction of sp³-hybridized carbons (Fsp3) is 0.409. The monoisotopic (exact) mass is 396 g/mol. The average molecular weight is 396 g/mol. The van der Waals surface area contributed by atoms with E-state index >= 15 is 0 Å². The minimum Gasteiger partial charge on any atom is -0.378 e. The Balaban J connectivity index is 1.74. The minimum absolute atomic E-state index is 0.0351. The van der Waals surface area contributed by atoms with Crippen molar-refractivity contribution < 1.29 is 14.3 Å². The van der Waals surface area contributed by atoms with Crippen molar-refractivity contribution in [3.63, 3.8) is 0 Å². The molecule has 1 aromatic heterocycles. The van der Waals surface area contributed by atoms with Crippen LogP contribution < -0.4 is 10.2 Å². The Morgan fingerprint density at radius 1 is 1.14 bits per heavy atom. The number of anilines is 2. The van der Waals surface area contributed by atoms with Crippen molar-refractivity contribution >= 4 is 23.3 Å². The third-order valence-electron chi connectivity index (χ3n) is 5.21. The number of hydrogen-bond acceptors (Lipinski definition) is 5. The summed E-state index contributed by atoms with van der Waals surface area (Å²) in [6.07, 6.45) is 1.58. The molecule has 1 saturated heterocycles. The molecule has 0 unspecified atom stereocenters. The van der Waals surface area contributed by atoms with Crippen LogP contribution in [0, 0.1) is 6.92 Å². The molecule has 0 radical (unpaired) electrons. The molecule has 7 nitrogen and oxygen atoms in total. The maximum absolute atomic E-state index is 12.8. The number of amides is 2. The van der Waals surface area contributed by atoms with Crippen LogP contribution in [0.1, 0.15) is 40.1 Å². The Bertz CT molecular complexity index is 857. The molecule has 7 heteroatoms. The van der Waals surface area contributed by atoms with Crippen LogP contribution >= 0.6 is 0 Å². The average Bonchev–Trinajstić information content (AvgIpc) is 2.76. The molecule has 0 atom stereocenters. The van der Waals surface area contributed by atoms with Gasteiger partial charge in [-0.3, -0.25) is 9.59 Å². The first-order valence-corrected chi connectivity index (χ1v) is 10.0. The molecule has 1 aromatic carbocycles. The van der Waals surface area contributed by atoms with Crippen LogP contribution in [0.2, 0.25) is 0 Å². The van der Waals surface area contributed by atoms with Crippen molar-refractivity contribution in [2.45, 2.75) is 20.8 Å². The summed E-state index contributed by atoms with van der Waals surface area (Å²) in [5.41, 5.74) is 2.46. The SMILES string of the molecule is CCN(CC)c1ccc(C(=O)Nc2cccc(C(=O)N3CCOCC3)c2C)cn1. The van der Waals surface area contributed by atoms with Gasteiger partial charge in [-0.25, -0.2) is 4.98 Å². The lowest BCUT2D eigenvalue weighted by atomic mass is 10.0. The van der Waals surface area contributed by atoms with E-state index in [4.69, 9.17) is 4.74 Å². The molecule has 1 aliphatic rings. The van der Waals surface area contributed by atoms with Gasteiger partial charge in [-0.05, 0) is 50.6 Å². The number of carbonyl (C=O) groups is 2. The Labute approximate surface area is 171 Å². The maximum atomic E-state index is 12.8. The third kappa shape index (κ3) is 4.74. The van der Waals surface area contributed by atoms with Gasteiger partial charge in [-0.2, -0.15) is 0 Å². The Kier molecular flexibility index (Phi) is 6.82. The fourth-order valence-corrected chi connectivity index (χ4v) is 3.39. The zero-order valence-electron chi connectivity index (χ0n) is 17.3. The lowest BCUT2D eigenvalue weighted by Crippen LogP contribution is -2.41. The minimum atomic E-state index is -0.248. The number of nitrogens with one attached hydrogen (secondary N) is 1. The van der Waals surface area contributed by atoms with Crippen molar-refractivity contribution in [3.05, 3.63) is 53.2 Å². The van der Waals surface area contributed by atoms with Gasteiger partial charge in [0.05, 0.1) is 18.8 Å². The number of ether oxygens (including phenoxy) is 1. The summed E-state index contributed by atoms with van der Waals surface area (Å²) in [4.78, 5) is 33.8. The molecule has 1 aliphatic heterocycles. The number of hydrogen-bond donors (Lipinski definition) is 1. The molecule has 0 saturated carbocycles. The zero-order valence-corrected chi connectivity index (χ0v) is 17.3. The van der Waals surface area contributed by atoms with Crippen LogP contribution in [0.25, 0.3) is 0 Å². The van der Waals surface area contributed by atoms with Gasteiger partial charge in [-0.15, -0.1) is 0 Å². The van der Waals surface area contributed by atoms with Crippen molar-refractivity contribution in [2.24, 2.45) is 0 Å². The summed E-state index contributed by atoms with van der Waals surface area (Å²) in [6, 6.07) is 9.02. The Morgan fingerprint density at radius 3 is 2.48 bits per heavy atom. The largest absolute Gasteiger partial charge is 0.378 e. The predicted octanol–water partition coefficient (Wildman–Crippen LogP) is 2.96. The molecular formula is C22H28N4O3. The van der Waals surface area contributed by atoms with Crippen LogP contribution in [-0.2, 0) is 4.74 Å². The van der Waals surface area contributed by atoms with Crippen molar-refractivity contribution in [2.75, 3.05) is 49.6 Å². The smallest absolute Gasteiger partial charge is 0.257 e. The standard InChI is InChI=1S/C22H28N4O3/c1-4-25(5-2)20-10-9-17(15-23-20)21(27)24-19-8-6-7-18(16(19)3)22(28)26-11-13-29-14-12-26/h6-10,15H,4-5,11-14H2,1-3H3,(H,24,27). The molecule has 3 rings (SSSR count). The molecule has 2 amide bonds. The first kappa shape index (κ1) is 20.8. The van der Waals surface area contributed by atoms with E-state index in [1.54, 1.807) is 35.4 Å². The van der Waals surface area contributed by atoms with Crippen LogP contribution in [0.5, 0.6) is 0 Å². The molecule has 0 bridgehead atoms. The molecular weight excluding hydrogens is 368 g/mol. The van der Waals surface area contributed by atoms with E-state index in [0.29, 0.717) is 43.1 Å². The molecule has 1 N–H and O–H groups in total. The number of rotatable bonds is 6. The summed E-state index contributed by atoms with van der Waals surface area (Å²) < 4.78 is 5.32. The first-order chi connectivity index (χ1) is 14.0. The highest BCUT2D eigenvalue weighted by molar-refractivity contribution is 6.06. The van der Waals surface area contributed by atoms with Crippen molar-refractivity contribution in [1.82, 2.24) is 9.88 Å². The van der Waals surface area contributed by atoms with Gasteiger partial charge in [-0.1, -0.05) is 6.07 Å². The van der Waals surface area contributed by atoms with Gasteiger partial charge in [0, 0.05) is 43.6 Å². The summed E-state index contributed by atoms with van der Waals surface area (Å²) in [7, 11) is 0. The van der Waals surface area contributed by atoms with E-state index in [0.717, 1.165) is 24.5 Å². The number of carbonyl (C=O) groups excluding carboxylic acids is 2. The molecule has 0 aliphatic carbocycles. The van der Waals surface area contributed by atoms with Crippen LogP contribution in [0.4, 0.5) is 11.5 Å². The summed E-state index contributed by atoms with van der Waals surface area (Å²) in [6.45, 7) is 9.98. The lowest BCUT2D eigenvalue weighted by Gasteiger charge is -2.27. The number of pyridine rings is 1. The maximum Gasteiger partial charge on any atom is 0.257 e.